The fourth-order valence-electron chi connectivity index (χ4n) is 3.85. The summed E-state index contributed by atoms with van der Waals surface area (Å²) in [6.45, 7) is 4.22. The van der Waals surface area contributed by atoms with Crippen LogP contribution in [0.2, 0.25) is 0 Å². The van der Waals surface area contributed by atoms with Gasteiger partial charge in [-0.1, -0.05) is 48.0 Å². The lowest BCUT2D eigenvalue weighted by Gasteiger charge is -2.23. The Bertz CT molecular complexity index is 1060. The molecule has 4 rings (SSSR count). The van der Waals surface area contributed by atoms with Gasteiger partial charge in [0.25, 0.3) is 5.91 Å². The third-order valence-corrected chi connectivity index (χ3v) is 6.09. The fourth-order valence-corrected chi connectivity index (χ4v) is 4.54. The summed E-state index contributed by atoms with van der Waals surface area (Å²) in [5.41, 5.74) is 1.77. The zero-order valence-corrected chi connectivity index (χ0v) is 16.6. The molecule has 0 aliphatic carbocycles. The lowest BCUT2D eigenvalue weighted by atomic mass is 9.87. The van der Waals surface area contributed by atoms with E-state index in [1.807, 2.05) is 55.6 Å². The Balaban J connectivity index is 1.69. The topological polar surface area (TPSA) is 57.6 Å². The Hall–Kier alpha value is -2.76. The number of benzene rings is 2. The van der Waals surface area contributed by atoms with E-state index in [1.165, 1.54) is 0 Å². The van der Waals surface area contributed by atoms with Crippen LogP contribution in [0.3, 0.4) is 0 Å². The summed E-state index contributed by atoms with van der Waals surface area (Å²) in [6.07, 6.45) is -0.270. The molecule has 0 radical (unpaired) electrons. The molecule has 2 heterocycles. The van der Waals surface area contributed by atoms with E-state index in [0.29, 0.717) is 23.4 Å². The summed E-state index contributed by atoms with van der Waals surface area (Å²) >= 11 is 1.56. The lowest BCUT2D eigenvalue weighted by Crippen LogP contribution is -2.41. The van der Waals surface area contributed by atoms with E-state index >= 15 is 0 Å². The number of aryl methyl sites for hydroxylation is 2. The van der Waals surface area contributed by atoms with Crippen LogP contribution < -0.4 is 4.90 Å². The molecular formula is C23H21NO3S. The van der Waals surface area contributed by atoms with Crippen molar-refractivity contribution < 1.29 is 14.7 Å². The number of carbonyl (C=O) groups excluding carboxylic acids is 2. The molecule has 1 aromatic heterocycles. The van der Waals surface area contributed by atoms with Gasteiger partial charge < -0.3 is 10.0 Å². The maximum absolute atomic E-state index is 13.2. The zero-order chi connectivity index (χ0) is 19.9. The van der Waals surface area contributed by atoms with Gasteiger partial charge in [-0.05, 0) is 36.9 Å². The largest absolute Gasteiger partial charge is 0.375 e. The Morgan fingerprint density at radius 3 is 2.61 bits per heavy atom. The molecule has 1 aliphatic rings. The van der Waals surface area contributed by atoms with Gasteiger partial charge in [-0.15, -0.1) is 11.3 Å². The molecule has 142 valence electrons. The van der Waals surface area contributed by atoms with Crippen LogP contribution in [0.1, 0.15) is 38.3 Å². The second kappa shape index (κ2) is 7.00. The molecule has 0 bridgehead atoms. The summed E-state index contributed by atoms with van der Waals surface area (Å²) in [6, 6.07) is 16.6. The van der Waals surface area contributed by atoms with E-state index in [-0.39, 0.29) is 12.2 Å². The van der Waals surface area contributed by atoms with Crippen LogP contribution in [0.15, 0.2) is 60.0 Å². The van der Waals surface area contributed by atoms with Crippen LogP contribution in [-0.4, -0.2) is 16.8 Å². The average Bonchev–Trinajstić information content (AvgIpc) is 3.24. The van der Waals surface area contributed by atoms with Crippen molar-refractivity contribution in [2.24, 2.45) is 0 Å². The number of hydrogen-bond donors (Lipinski definition) is 1. The number of fused-ring (bicyclic) bond motifs is 1. The van der Waals surface area contributed by atoms with Crippen molar-refractivity contribution in [1.29, 1.82) is 0 Å². The molecule has 2 aromatic carbocycles. The van der Waals surface area contributed by atoms with Crippen LogP contribution in [0.25, 0.3) is 0 Å². The van der Waals surface area contributed by atoms with Crippen LogP contribution >= 0.6 is 11.3 Å². The number of hydrogen-bond acceptors (Lipinski definition) is 4. The molecule has 0 spiro atoms. The Kier molecular flexibility index (Phi) is 4.65. The fraction of sp³-hybridized carbons (Fsp3) is 0.217. The normalized spacial score (nSPS) is 18.4. The number of nitrogens with zero attached hydrogens (tertiary/aromatic N) is 1. The molecule has 0 fully saturated rings. The van der Waals surface area contributed by atoms with Gasteiger partial charge in [-0.3, -0.25) is 9.59 Å². The van der Waals surface area contributed by atoms with Crippen molar-refractivity contribution in [1.82, 2.24) is 0 Å². The van der Waals surface area contributed by atoms with Gasteiger partial charge in [0.2, 0.25) is 0 Å². The van der Waals surface area contributed by atoms with E-state index in [4.69, 9.17) is 0 Å². The minimum absolute atomic E-state index is 0.235. The third kappa shape index (κ3) is 3.07. The Labute approximate surface area is 168 Å². The molecule has 1 atom stereocenters. The molecule has 0 saturated carbocycles. The summed E-state index contributed by atoms with van der Waals surface area (Å²) in [5.74, 6) is -0.679. The second-order valence-electron chi connectivity index (χ2n) is 7.27. The molecular weight excluding hydrogens is 370 g/mol. The van der Waals surface area contributed by atoms with Crippen LogP contribution in [-0.2, 0) is 16.9 Å². The van der Waals surface area contributed by atoms with Gasteiger partial charge in [-0.25, -0.2) is 0 Å². The number of para-hydroxylation sites is 1. The smallest absolute Gasteiger partial charge is 0.264 e. The maximum Gasteiger partial charge on any atom is 0.264 e. The van der Waals surface area contributed by atoms with Crippen LogP contribution in [0.5, 0.6) is 0 Å². The summed E-state index contributed by atoms with van der Waals surface area (Å²) in [5, 5.41) is 13.3. The summed E-state index contributed by atoms with van der Waals surface area (Å²) in [4.78, 5) is 28.8. The molecule has 0 unspecified atom stereocenters. The van der Waals surface area contributed by atoms with Gasteiger partial charge in [0.15, 0.2) is 11.4 Å². The first kappa shape index (κ1) is 18.6. The van der Waals surface area contributed by atoms with Gasteiger partial charge >= 0.3 is 0 Å². The molecule has 1 aliphatic heterocycles. The van der Waals surface area contributed by atoms with Crippen molar-refractivity contribution in [3.63, 3.8) is 0 Å². The van der Waals surface area contributed by atoms with Gasteiger partial charge in [0.05, 0.1) is 18.7 Å². The number of rotatable bonds is 5. The maximum atomic E-state index is 13.2. The average molecular weight is 391 g/mol. The molecule has 5 heteroatoms. The Morgan fingerprint density at radius 1 is 1.11 bits per heavy atom. The highest BCUT2D eigenvalue weighted by molar-refractivity contribution is 7.09. The lowest BCUT2D eigenvalue weighted by molar-refractivity contribution is -0.136. The predicted octanol–water partition coefficient (Wildman–Crippen LogP) is 4.37. The van der Waals surface area contributed by atoms with Crippen molar-refractivity contribution in [2.45, 2.75) is 32.4 Å². The number of Topliss-reactive ketones (excluding diaryl/α,β-unsaturated/α-hetero) is 1. The third-order valence-electron chi connectivity index (χ3n) is 5.23. The predicted molar refractivity (Wildman–Crippen MR) is 111 cm³/mol. The number of amides is 1. The number of anilines is 1. The monoisotopic (exact) mass is 391 g/mol. The highest BCUT2D eigenvalue weighted by Gasteiger charge is 2.50. The molecule has 1 amide bonds. The van der Waals surface area contributed by atoms with Crippen molar-refractivity contribution in [2.75, 3.05) is 4.90 Å². The number of thiophene rings is 1. The SMILES string of the molecule is Cc1ccc(C(=O)C[C@]2(O)C(=O)N(Cc3cccs3)c3ccccc32)c(C)c1. The van der Waals surface area contributed by atoms with E-state index in [2.05, 4.69) is 0 Å². The summed E-state index contributed by atoms with van der Waals surface area (Å²) in [7, 11) is 0. The Morgan fingerprint density at radius 2 is 1.89 bits per heavy atom. The molecule has 3 aromatic rings. The molecule has 4 nitrogen and oxygen atoms in total. The highest BCUT2D eigenvalue weighted by Crippen LogP contribution is 2.43. The number of ketones is 1. The first-order valence-corrected chi connectivity index (χ1v) is 10.0. The van der Waals surface area contributed by atoms with Crippen LogP contribution in [0, 0.1) is 13.8 Å². The van der Waals surface area contributed by atoms with Gasteiger partial charge in [0, 0.05) is 16.0 Å². The quantitative estimate of drug-likeness (QED) is 0.657. The molecule has 1 N–H and O–H groups in total. The number of aliphatic hydroxyl groups is 1. The molecule has 0 saturated heterocycles. The minimum Gasteiger partial charge on any atom is -0.375 e. The first-order chi connectivity index (χ1) is 13.4. The minimum atomic E-state index is -1.84. The van der Waals surface area contributed by atoms with Crippen molar-refractivity contribution >= 4 is 28.7 Å². The van der Waals surface area contributed by atoms with E-state index in [1.54, 1.807) is 34.4 Å². The van der Waals surface area contributed by atoms with E-state index in [9.17, 15) is 14.7 Å². The summed E-state index contributed by atoms with van der Waals surface area (Å²) < 4.78 is 0. The zero-order valence-electron chi connectivity index (χ0n) is 15.8. The van der Waals surface area contributed by atoms with E-state index < -0.39 is 11.5 Å². The van der Waals surface area contributed by atoms with Crippen molar-refractivity contribution in [3.8, 4) is 0 Å². The van der Waals surface area contributed by atoms with Crippen LogP contribution in [0.4, 0.5) is 5.69 Å². The number of carbonyl (C=O) groups is 2. The standard InChI is InChI=1S/C23H21NO3S/c1-15-9-10-18(16(2)12-15)21(25)13-23(27)19-7-3-4-8-20(19)24(22(23)26)14-17-6-5-11-28-17/h3-12,27H,13-14H2,1-2H3/t23-/m1/s1. The second-order valence-corrected chi connectivity index (χ2v) is 8.30. The van der Waals surface area contributed by atoms with E-state index in [0.717, 1.165) is 16.0 Å². The van der Waals surface area contributed by atoms with Crippen molar-refractivity contribution in [3.05, 3.63) is 87.1 Å². The van der Waals surface area contributed by atoms with Gasteiger partial charge in [-0.2, -0.15) is 0 Å². The molecule has 28 heavy (non-hydrogen) atoms. The first-order valence-electron chi connectivity index (χ1n) is 9.17. The highest BCUT2D eigenvalue weighted by atomic mass is 32.1. The van der Waals surface area contributed by atoms with Gasteiger partial charge in [0.1, 0.15) is 0 Å².